The van der Waals surface area contributed by atoms with Gasteiger partial charge in [-0.05, 0) is 38.8 Å². The summed E-state index contributed by atoms with van der Waals surface area (Å²) in [5.74, 6) is 0.977. The van der Waals surface area contributed by atoms with Gasteiger partial charge in [-0.1, -0.05) is 15.9 Å². The number of unbranched alkanes of at least 4 members (excludes halogenated alkanes) is 1. The average Bonchev–Trinajstić information content (AvgIpc) is 2.64. The number of rotatable bonds is 6. The highest BCUT2D eigenvalue weighted by Crippen LogP contribution is 2.15. The molecule has 4 heteroatoms. The molecule has 0 radical (unpaired) electrons. The number of amides is 1. The summed E-state index contributed by atoms with van der Waals surface area (Å²) >= 11 is 3.38. The zero-order chi connectivity index (χ0) is 12.0. The number of hydrogen-bond donors (Lipinski definition) is 0. The van der Waals surface area contributed by atoms with Crippen LogP contribution >= 0.6 is 15.9 Å². The van der Waals surface area contributed by atoms with Crippen LogP contribution in [0.25, 0.3) is 0 Å². The van der Waals surface area contributed by atoms with Gasteiger partial charge in [-0.25, -0.2) is 0 Å². The summed E-state index contributed by atoms with van der Waals surface area (Å²) in [6, 6.07) is 0. The van der Waals surface area contributed by atoms with E-state index in [0.717, 1.165) is 31.3 Å². The smallest absolute Gasteiger partial charge is 0.222 e. The molecule has 1 heterocycles. The lowest BCUT2D eigenvalue weighted by molar-refractivity contribution is -0.130. The van der Waals surface area contributed by atoms with E-state index in [2.05, 4.69) is 27.9 Å². The fourth-order valence-corrected chi connectivity index (χ4v) is 2.62. The first kappa shape index (κ1) is 14.0. The Labute approximate surface area is 107 Å². The van der Waals surface area contributed by atoms with Gasteiger partial charge < -0.3 is 9.80 Å². The quantitative estimate of drug-likeness (QED) is 0.552. The standard InChI is InChI=1S/C12H23BrN2O/c1-14-8-6-11(9-14)10-15(2)12(16)5-3-4-7-13/h11H,3-10H2,1-2H3. The van der Waals surface area contributed by atoms with E-state index in [-0.39, 0.29) is 0 Å². The van der Waals surface area contributed by atoms with Crippen molar-refractivity contribution < 1.29 is 4.79 Å². The third kappa shape index (κ3) is 4.83. The van der Waals surface area contributed by atoms with Gasteiger partial charge in [-0.3, -0.25) is 4.79 Å². The summed E-state index contributed by atoms with van der Waals surface area (Å²) in [4.78, 5) is 16.0. The third-order valence-corrected chi connectivity index (χ3v) is 3.78. The summed E-state index contributed by atoms with van der Waals surface area (Å²) in [5, 5.41) is 0.997. The van der Waals surface area contributed by atoms with E-state index in [1.54, 1.807) is 0 Å². The van der Waals surface area contributed by atoms with E-state index in [9.17, 15) is 4.79 Å². The largest absolute Gasteiger partial charge is 0.345 e. The molecule has 1 aliphatic rings. The normalized spacial score (nSPS) is 21.3. The summed E-state index contributed by atoms with van der Waals surface area (Å²) in [5.41, 5.74) is 0. The molecule has 1 aliphatic heterocycles. The predicted molar refractivity (Wildman–Crippen MR) is 70.9 cm³/mol. The van der Waals surface area contributed by atoms with E-state index in [1.807, 2.05) is 11.9 Å². The van der Waals surface area contributed by atoms with Gasteiger partial charge in [0.15, 0.2) is 0 Å². The van der Waals surface area contributed by atoms with Crippen molar-refractivity contribution in [1.29, 1.82) is 0 Å². The number of halogens is 1. The van der Waals surface area contributed by atoms with E-state index in [1.165, 1.54) is 13.0 Å². The fourth-order valence-electron chi connectivity index (χ4n) is 2.23. The van der Waals surface area contributed by atoms with Crippen LogP contribution in [0.3, 0.4) is 0 Å². The van der Waals surface area contributed by atoms with Gasteiger partial charge in [-0.2, -0.15) is 0 Å². The van der Waals surface area contributed by atoms with Gasteiger partial charge in [0, 0.05) is 31.9 Å². The van der Waals surface area contributed by atoms with Crippen LogP contribution in [-0.4, -0.2) is 54.8 Å². The molecule has 0 aromatic rings. The molecule has 16 heavy (non-hydrogen) atoms. The van der Waals surface area contributed by atoms with Crippen LogP contribution in [0.2, 0.25) is 0 Å². The molecule has 0 bridgehead atoms. The lowest BCUT2D eigenvalue weighted by Crippen LogP contribution is -2.32. The number of likely N-dealkylation sites (tertiary alicyclic amines) is 1. The summed E-state index contributed by atoms with van der Waals surface area (Å²) in [7, 11) is 4.09. The fraction of sp³-hybridized carbons (Fsp3) is 0.917. The minimum absolute atomic E-state index is 0.301. The Hall–Kier alpha value is -0.0900. The second kappa shape index (κ2) is 7.28. The maximum Gasteiger partial charge on any atom is 0.222 e. The van der Waals surface area contributed by atoms with Crippen molar-refractivity contribution in [3.8, 4) is 0 Å². The molecule has 0 N–H and O–H groups in total. The number of hydrogen-bond acceptors (Lipinski definition) is 2. The molecular formula is C12H23BrN2O. The maximum absolute atomic E-state index is 11.8. The van der Waals surface area contributed by atoms with Gasteiger partial charge >= 0.3 is 0 Å². The lowest BCUT2D eigenvalue weighted by Gasteiger charge is -2.21. The van der Waals surface area contributed by atoms with Crippen molar-refractivity contribution in [3.63, 3.8) is 0 Å². The van der Waals surface area contributed by atoms with Crippen LogP contribution in [0.5, 0.6) is 0 Å². The first-order chi connectivity index (χ1) is 7.63. The highest BCUT2D eigenvalue weighted by molar-refractivity contribution is 9.09. The molecule has 1 atom stereocenters. The highest BCUT2D eigenvalue weighted by atomic mass is 79.9. The molecule has 0 aliphatic carbocycles. The average molecular weight is 291 g/mol. The van der Waals surface area contributed by atoms with Crippen LogP contribution in [0.4, 0.5) is 0 Å². The first-order valence-corrected chi connectivity index (χ1v) is 7.24. The molecule has 1 fully saturated rings. The highest BCUT2D eigenvalue weighted by Gasteiger charge is 2.22. The number of alkyl halides is 1. The summed E-state index contributed by atoms with van der Waals surface area (Å²) < 4.78 is 0. The van der Waals surface area contributed by atoms with Gasteiger partial charge in [0.2, 0.25) is 5.91 Å². The Kier molecular flexibility index (Phi) is 6.36. The maximum atomic E-state index is 11.8. The van der Waals surface area contributed by atoms with Crippen molar-refractivity contribution in [3.05, 3.63) is 0 Å². The Morgan fingerprint density at radius 3 is 2.81 bits per heavy atom. The third-order valence-electron chi connectivity index (χ3n) is 3.22. The second-order valence-corrected chi connectivity index (χ2v) is 5.63. The summed E-state index contributed by atoms with van der Waals surface area (Å²) in [6.07, 6.45) is 4.02. The molecule has 1 rings (SSSR count). The van der Waals surface area contributed by atoms with Gasteiger partial charge in [-0.15, -0.1) is 0 Å². The zero-order valence-corrected chi connectivity index (χ0v) is 12.0. The molecular weight excluding hydrogens is 268 g/mol. The monoisotopic (exact) mass is 290 g/mol. The lowest BCUT2D eigenvalue weighted by atomic mass is 10.1. The molecule has 0 spiro atoms. The SMILES string of the molecule is CN1CCC(CN(C)C(=O)CCCCBr)C1. The zero-order valence-electron chi connectivity index (χ0n) is 10.4. The van der Waals surface area contributed by atoms with Crippen LogP contribution in [-0.2, 0) is 4.79 Å². The van der Waals surface area contributed by atoms with Crippen molar-refractivity contribution in [2.75, 3.05) is 39.1 Å². The van der Waals surface area contributed by atoms with E-state index >= 15 is 0 Å². The Morgan fingerprint density at radius 2 is 2.25 bits per heavy atom. The van der Waals surface area contributed by atoms with Crippen LogP contribution in [0.15, 0.2) is 0 Å². The molecule has 1 unspecified atom stereocenters. The second-order valence-electron chi connectivity index (χ2n) is 4.84. The Morgan fingerprint density at radius 1 is 1.50 bits per heavy atom. The number of carbonyl (C=O) groups excluding carboxylic acids is 1. The Bertz CT molecular complexity index is 223. The molecule has 0 aromatic heterocycles. The van der Waals surface area contributed by atoms with E-state index < -0.39 is 0 Å². The van der Waals surface area contributed by atoms with Crippen molar-refractivity contribution in [1.82, 2.24) is 9.80 Å². The van der Waals surface area contributed by atoms with E-state index in [0.29, 0.717) is 18.2 Å². The topological polar surface area (TPSA) is 23.6 Å². The number of nitrogens with zero attached hydrogens (tertiary/aromatic N) is 2. The molecule has 94 valence electrons. The molecule has 1 amide bonds. The van der Waals surface area contributed by atoms with Crippen LogP contribution in [0, 0.1) is 5.92 Å². The molecule has 1 saturated heterocycles. The summed E-state index contributed by atoms with van der Waals surface area (Å²) in [6.45, 7) is 3.24. The molecule has 3 nitrogen and oxygen atoms in total. The predicted octanol–water partition coefficient (Wildman–Crippen LogP) is 1.96. The molecule has 0 aromatic carbocycles. The van der Waals surface area contributed by atoms with Crippen molar-refractivity contribution >= 4 is 21.8 Å². The Balaban J connectivity index is 2.18. The van der Waals surface area contributed by atoms with Gasteiger partial charge in [0.25, 0.3) is 0 Å². The minimum atomic E-state index is 0.301. The van der Waals surface area contributed by atoms with E-state index in [4.69, 9.17) is 0 Å². The molecule has 0 saturated carbocycles. The van der Waals surface area contributed by atoms with Gasteiger partial charge in [0.1, 0.15) is 0 Å². The minimum Gasteiger partial charge on any atom is -0.345 e. The van der Waals surface area contributed by atoms with Gasteiger partial charge in [0.05, 0.1) is 0 Å². The first-order valence-electron chi connectivity index (χ1n) is 6.12. The van der Waals surface area contributed by atoms with Crippen LogP contribution < -0.4 is 0 Å². The number of carbonyl (C=O) groups is 1. The van der Waals surface area contributed by atoms with Crippen molar-refractivity contribution in [2.45, 2.75) is 25.7 Å². The van der Waals surface area contributed by atoms with Crippen LogP contribution in [0.1, 0.15) is 25.7 Å². The van der Waals surface area contributed by atoms with Crippen molar-refractivity contribution in [2.24, 2.45) is 5.92 Å².